The summed E-state index contributed by atoms with van der Waals surface area (Å²) in [4.78, 5) is 5.78. The van der Waals surface area contributed by atoms with Gasteiger partial charge in [0.15, 0.2) is 7.28 Å². The van der Waals surface area contributed by atoms with Crippen molar-refractivity contribution in [2.24, 2.45) is 5.73 Å². The number of hydrogen-bond acceptors (Lipinski definition) is 4. The molecule has 0 amide bonds. The number of fused-ring (bicyclic) bond motifs is 1. The molecule has 1 unspecified atom stereocenters. The molecule has 0 bridgehead atoms. The third kappa shape index (κ3) is 5.20. The molecule has 1 atom stereocenters. The molecular formula is C19H23BBrFN3S. The van der Waals surface area contributed by atoms with Crippen molar-refractivity contribution in [3.63, 3.8) is 0 Å². The van der Waals surface area contributed by atoms with Gasteiger partial charge in [-0.1, -0.05) is 25.4 Å². The number of hydrogen-bond donors (Lipinski definition) is 2. The number of halogens is 2. The van der Waals surface area contributed by atoms with Crippen LogP contribution in [0.5, 0.6) is 0 Å². The van der Waals surface area contributed by atoms with E-state index in [4.69, 9.17) is 5.73 Å². The minimum absolute atomic E-state index is 0.0359. The van der Waals surface area contributed by atoms with Crippen LogP contribution in [0.2, 0.25) is 0 Å². The molecule has 2 aromatic rings. The lowest BCUT2D eigenvalue weighted by Gasteiger charge is -2.12. The second-order valence-electron chi connectivity index (χ2n) is 5.12. The van der Waals surface area contributed by atoms with Gasteiger partial charge >= 0.3 is 0 Å². The summed E-state index contributed by atoms with van der Waals surface area (Å²) in [5.41, 5.74) is 9.57. The van der Waals surface area contributed by atoms with Gasteiger partial charge in [0.2, 0.25) is 0 Å². The molecule has 3 rings (SSSR count). The first-order valence-corrected chi connectivity index (χ1v) is 9.97. The van der Waals surface area contributed by atoms with Gasteiger partial charge in [-0.05, 0) is 45.8 Å². The number of pyridine rings is 1. The molecule has 7 heteroatoms. The average Bonchev–Trinajstić information content (AvgIpc) is 3.31. The van der Waals surface area contributed by atoms with Crippen molar-refractivity contribution in [2.45, 2.75) is 33.5 Å². The predicted octanol–water partition coefficient (Wildman–Crippen LogP) is 4.04. The quantitative estimate of drug-likeness (QED) is 0.551. The molecule has 0 saturated heterocycles. The standard InChI is InChI=1S/C15H15BBrFN3S.C2H6.C2H2/c1-8-5-11(20-7-9-3-2-4-22-9)13-15(21-8)14(17)12(16-13)10(18)6-19;2*1-2/h2-5,10H,6-7,19H2,1H3,(H,20,21);1-2H3;1-2H. The lowest BCUT2D eigenvalue weighted by Crippen LogP contribution is -2.26. The highest BCUT2D eigenvalue weighted by Crippen LogP contribution is 2.32. The Hall–Kier alpha value is -1.62. The molecule has 1 radical (unpaired) electrons. The van der Waals surface area contributed by atoms with E-state index in [2.05, 4.69) is 50.5 Å². The Balaban J connectivity index is 0.000000791. The van der Waals surface area contributed by atoms with Gasteiger partial charge in [0.1, 0.15) is 6.17 Å². The number of terminal acetylenes is 1. The first-order chi connectivity index (χ1) is 12.6. The van der Waals surface area contributed by atoms with Gasteiger partial charge in [-0.3, -0.25) is 4.98 Å². The van der Waals surface area contributed by atoms with Crippen LogP contribution < -0.4 is 16.5 Å². The van der Waals surface area contributed by atoms with E-state index < -0.39 is 6.17 Å². The Bertz CT molecular complexity index is 760. The summed E-state index contributed by atoms with van der Waals surface area (Å²) in [7, 11) is 1.83. The van der Waals surface area contributed by atoms with E-state index >= 15 is 0 Å². The topological polar surface area (TPSA) is 50.9 Å². The third-order valence-electron chi connectivity index (χ3n) is 3.53. The van der Waals surface area contributed by atoms with E-state index in [-0.39, 0.29) is 6.54 Å². The van der Waals surface area contributed by atoms with Gasteiger partial charge in [0.05, 0.1) is 5.69 Å². The van der Waals surface area contributed by atoms with Crippen molar-refractivity contribution in [1.82, 2.24) is 4.98 Å². The summed E-state index contributed by atoms with van der Waals surface area (Å²) in [5.74, 6) is 0. The Morgan fingerprint density at radius 3 is 2.69 bits per heavy atom. The minimum atomic E-state index is -1.19. The maximum atomic E-state index is 14.0. The van der Waals surface area contributed by atoms with E-state index in [0.717, 1.165) is 29.1 Å². The number of anilines is 1. The molecule has 0 aromatic carbocycles. The van der Waals surface area contributed by atoms with Crippen molar-refractivity contribution < 1.29 is 4.39 Å². The normalized spacial score (nSPS) is 12.8. The van der Waals surface area contributed by atoms with Crippen molar-refractivity contribution in [3.05, 3.63) is 45.3 Å². The van der Waals surface area contributed by atoms with Crippen molar-refractivity contribution in [2.75, 3.05) is 11.9 Å². The summed E-state index contributed by atoms with van der Waals surface area (Å²) < 4.78 is 14.7. The molecule has 3 nitrogen and oxygen atoms in total. The predicted molar refractivity (Wildman–Crippen MR) is 117 cm³/mol. The molecule has 2 aromatic heterocycles. The Labute approximate surface area is 168 Å². The Morgan fingerprint density at radius 1 is 1.42 bits per heavy atom. The largest absolute Gasteiger partial charge is 0.380 e. The van der Waals surface area contributed by atoms with E-state index in [1.54, 1.807) is 11.3 Å². The zero-order valence-electron chi connectivity index (χ0n) is 15.2. The van der Waals surface area contributed by atoms with Crippen LogP contribution in [0.15, 0.2) is 29.1 Å². The van der Waals surface area contributed by atoms with E-state index in [1.165, 1.54) is 4.88 Å². The zero-order chi connectivity index (χ0) is 19.7. The highest BCUT2D eigenvalue weighted by molar-refractivity contribution is 9.15. The Morgan fingerprint density at radius 2 is 2.12 bits per heavy atom. The monoisotopic (exact) mass is 434 g/mol. The third-order valence-corrected chi connectivity index (χ3v) is 5.24. The average molecular weight is 435 g/mol. The van der Waals surface area contributed by atoms with Gasteiger partial charge in [-0.2, -0.15) is 0 Å². The van der Waals surface area contributed by atoms with Gasteiger partial charge < -0.3 is 11.1 Å². The van der Waals surface area contributed by atoms with Crippen LogP contribution in [0.3, 0.4) is 0 Å². The fourth-order valence-electron chi connectivity index (χ4n) is 2.45. The van der Waals surface area contributed by atoms with E-state index in [0.29, 0.717) is 9.95 Å². The molecule has 26 heavy (non-hydrogen) atoms. The fraction of sp³-hybridized carbons (Fsp3) is 0.316. The molecule has 3 heterocycles. The van der Waals surface area contributed by atoms with Crippen molar-refractivity contribution in [3.8, 4) is 12.8 Å². The highest BCUT2D eigenvalue weighted by Gasteiger charge is 2.29. The number of aromatic nitrogens is 1. The number of nitrogens with one attached hydrogen (secondary N) is 1. The first-order valence-electron chi connectivity index (χ1n) is 8.30. The second-order valence-corrected chi connectivity index (χ2v) is 6.95. The highest BCUT2D eigenvalue weighted by atomic mass is 79.9. The summed E-state index contributed by atoms with van der Waals surface area (Å²) in [6.45, 7) is 6.64. The van der Waals surface area contributed by atoms with Crippen molar-refractivity contribution in [1.29, 1.82) is 0 Å². The number of aryl methyl sites for hydroxylation is 1. The van der Waals surface area contributed by atoms with Gasteiger partial charge in [0, 0.05) is 33.8 Å². The molecule has 1 aliphatic rings. The molecule has 0 fully saturated rings. The van der Waals surface area contributed by atoms with Crippen molar-refractivity contribution >= 4 is 50.2 Å². The molecule has 1 aliphatic heterocycles. The molecule has 0 spiro atoms. The van der Waals surface area contributed by atoms with Gasteiger partial charge in [0.25, 0.3) is 0 Å². The molecule has 0 aliphatic carbocycles. The van der Waals surface area contributed by atoms with E-state index in [9.17, 15) is 4.39 Å². The van der Waals surface area contributed by atoms with Crippen LogP contribution in [-0.4, -0.2) is 25.0 Å². The summed E-state index contributed by atoms with van der Waals surface area (Å²) in [6, 6.07) is 6.10. The smallest absolute Gasteiger partial charge is 0.197 e. The summed E-state index contributed by atoms with van der Waals surface area (Å²) in [6.07, 6.45) is 6.81. The molecular weight excluding hydrogens is 412 g/mol. The summed E-state index contributed by atoms with van der Waals surface area (Å²) >= 11 is 5.17. The van der Waals surface area contributed by atoms with Crippen LogP contribution in [-0.2, 0) is 6.54 Å². The van der Waals surface area contributed by atoms with Gasteiger partial charge in [-0.15, -0.1) is 24.2 Å². The number of thiophene rings is 1. The fourth-order valence-corrected chi connectivity index (χ4v) is 3.76. The maximum Gasteiger partial charge on any atom is 0.197 e. The van der Waals surface area contributed by atoms with Crippen LogP contribution in [0.4, 0.5) is 10.1 Å². The van der Waals surface area contributed by atoms with Crippen LogP contribution >= 0.6 is 27.3 Å². The molecule has 137 valence electrons. The molecule has 0 saturated carbocycles. The Kier molecular flexibility index (Phi) is 9.64. The maximum absolute atomic E-state index is 14.0. The van der Waals surface area contributed by atoms with E-state index in [1.807, 2.05) is 40.2 Å². The van der Waals surface area contributed by atoms with Crippen LogP contribution in [0, 0.1) is 19.8 Å². The molecule has 3 N–H and O–H groups in total. The number of nitrogens with two attached hydrogens (primary N) is 1. The number of rotatable bonds is 5. The van der Waals surface area contributed by atoms with Gasteiger partial charge in [-0.25, -0.2) is 4.39 Å². The summed E-state index contributed by atoms with van der Waals surface area (Å²) in [5, 5.41) is 5.48. The SMILES string of the molecule is C#C.CC.Cc1cc(NCc2cccs2)c2c(n1)C(Br)=C(C(F)CN)[B]2. The minimum Gasteiger partial charge on any atom is -0.380 e. The lowest BCUT2D eigenvalue weighted by molar-refractivity contribution is 0.403. The first kappa shape index (κ1) is 22.4. The number of alkyl halides is 1. The zero-order valence-corrected chi connectivity index (χ0v) is 17.6. The van der Waals surface area contributed by atoms with Crippen LogP contribution in [0.25, 0.3) is 4.48 Å². The lowest BCUT2D eigenvalue weighted by atomic mass is 9.65. The van der Waals surface area contributed by atoms with Crippen LogP contribution in [0.1, 0.15) is 30.1 Å². The number of nitrogens with zero attached hydrogens (tertiary/aromatic N) is 1. The second kappa shape index (κ2) is 11.2.